The third-order valence-corrected chi connectivity index (χ3v) is 5.06. The van der Waals surface area contributed by atoms with Gasteiger partial charge in [0.15, 0.2) is 0 Å². The Hall–Kier alpha value is -3.42. The third kappa shape index (κ3) is 4.21. The van der Waals surface area contributed by atoms with E-state index in [1.807, 2.05) is 58.9 Å². The van der Waals surface area contributed by atoms with Crippen LogP contribution in [0.25, 0.3) is 11.4 Å². The van der Waals surface area contributed by atoms with Gasteiger partial charge in [-0.3, -0.25) is 19.5 Å². The van der Waals surface area contributed by atoms with E-state index in [2.05, 4.69) is 15.4 Å². The van der Waals surface area contributed by atoms with Gasteiger partial charge in [0.1, 0.15) is 11.5 Å². The Bertz CT molecular complexity index is 1010. The lowest BCUT2D eigenvalue weighted by Crippen LogP contribution is -2.38. The highest BCUT2D eigenvalue weighted by molar-refractivity contribution is 5.94. The fourth-order valence-corrected chi connectivity index (χ4v) is 3.52. The van der Waals surface area contributed by atoms with Crippen molar-refractivity contribution in [3.05, 3.63) is 54.5 Å². The van der Waals surface area contributed by atoms with Crippen molar-refractivity contribution in [3.63, 3.8) is 0 Å². The van der Waals surface area contributed by atoms with Crippen molar-refractivity contribution in [3.8, 4) is 11.4 Å². The second-order valence-electron chi connectivity index (χ2n) is 7.11. The van der Waals surface area contributed by atoms with Crippen LogP contribution in [0.2, 0.25) is 0 Å². The summed E-state index contributed by atoms with van der Waals surface area (Å²) in [5.41, 5.74) is 2.68. The molecule has 0 atom stereocenters. The van der Waals surface area contributed by atoms with Gasteiger partial charge in [0.25, 0.3) is 0 Å². The molecule has 3 aromatic rings. The number of rotatable bonds is 7. The molecule has 0 aromatic carbocycles. The van der Waals surface area contributed by atoms with Crippen LogP contribution in [0, 0.1) is 0 Å². The summed E-state index contributed by atoms with van der Waals surface area (Å²) in [7, 11) is 1.97. The molecule has 0 unspecified atom stereocenters. The van der Waals surface area contributed by atoms with Gasteiger partial charge in [0, 0.05) is 44.9 Å². The minimum atomic E-state index is -0.0434. The molecule has 1 aliphatic rings. The minimum Gasteiger partial charge on any atom is -0.350 e. The van der Waals surface area contributed by atoms with E-state index >= 15 is 0 Å². The lowest BCUT2D eigenvalue weighted by molar-refractivity contribution is -0.122. The van der Waals surface area contributed by atoms with Gasteiger partial charge in [-0.1, -0.05) is 6.07 Å². The molecule has 0 fully saturated rings. The van der Waals surface area contributed by atoms with Crippen LogP contribution in [-0.2, 0) is 29.7 Å². The Morgan fingerprint density at radius 3 is 2.90 bits per heavy atom. The topological polar surface area (TPSA) is 85.0 Å². The first-order valence-corrected chi connectivity index (χ1v) is 9.78. The molecular weight excluding hydrogens is 368 g/mol. The second kappa shape index (κ2) is 8.30. The predicted octanol–water partition coefficient (Wildman–Crippen LogP) is 2.12. The zero-order valence-corrected chi connectivity index (χ0v) is 16.4. The average molecular weight is 392 g/mol. The molecule has 29 heavy (non-hydrogen) atoms. The van der Waals surface area contributed by atoms with E-state index in [-0.39, 0.29) is 11.8 Å². The number of anilines is 1. The van der Waals surface area contributed by atoms with Crippen LogP contribution in [0.4, 0.5) is 5.82 Å². The van der Waals surface area contributed by atoms with Gasteiger partial charge in [0.2, 0.25) is 11.8 Å². The summed E-state index contributed by atoms with van der Waals surface area (Å²) in [6.45, 7) is 1.49. The summed E-state index contributed by atoms with van der Waals surface area (Å²) in [5.74, 6) is 0.828. The number of aromatic nitrogens is 4. The summed E-state index contributed by atoms with van der Waals surface area (Å²) in [6, 6.07) is 11.5. The van der Waals surface area contributed by atoms with E-state index in [4.69, 9.17) is 0 Å². The van der Waals surface area contributed by atoms with Gasteiger partial charge >= 0.3 is 0 Å². The molecule has 0 radical (unpaired) electrons. The first-order chi connectivity index (χ1) is 14.1. The number of carbonyl (C=O) groups excluding carboxylic acids is 2. The first-order valence-electron chi connectivity index (χ1n) is 9.78. The summed E-state index contributed by atoms with van der Waals surface area (Å²) in [4.78, 5) is 30.5. The van der Waals surface area contributed by atoms with E-state index in [0.29, 0.717) is 38.9 Å². The molecule has 1 N–H and O–H groups in total. The van der Waals surface area contributed by atoms with Gasteiger partial charge in [-0.15, -0.1) is 0 Å². The number of nitrogens with one attached hydrogen (secondary N) is 1. The molecule has 4 rings (SSSR count). The van der Waals surface area contributed by atoms with Crippen molar-refractivity contribution in [1.82, 2.24) is 24.6 Å². The van der Waals surface area contributed by atoms with Gasteiger partial charge in [-0.2, -0.15) is 5.10 Å². The average Bonchev–Trinajstić information content (AvgIpc) is 3.34. The predicted molar refractivity (Wildman–Crippen MR) is 109 cm³/mol. The summed E-state index contributed by atoms with van der Waals surface area (Å²) in [6.07, 6.45) is 5.05. The fourth-order valence-electron chi connectivity index (χ4n) is 3.52. The number of nitrogens with zero attached hydrogens (tertiary/aromatic N) is 5. The normalized spacial score (nSPS) is 13.4. The fraction of sp³-hybridized carbons (Fsp3) is 0.333. The molecule has 2 amide bonds. The molecule has 8 heteroatoms. The van der Waals surface area contributed by atoms with Crippen LogP contribution in [0.5, 0.6) is 0 Å². The molecule has 8 nitrogen and oxygen atoms in total. The molecule has 0 saturated carbocycles. The van der Waals surface area contributed by atoms with Crippen molar-refractivity contribution in [2.45, 2.75) is 32.4 Å². The Labute approximate surface area is 169 Å². The zero-order chi connectivity index (χ0) is 20.2. The Balaban J connectivity index is 1.36. The van der Waals surface area contributed by atoms with E-state index in [9.17, 15) is 9.59 Å². The maximum atomic E-state index is 12.5. The van der Waals surface area contributed by atoms with E-state index in [1.165, 1.54) is 0 Å². The van der Waals surface area contributed by atoms with E-state index in [0.717, 1.165) is 22.9 Å². The largest absolute Gasteiger partial charge is 0.350 e. The second-order valence-corrected chi connectivity index (χ2v) is 7.11. The summed E-state index contributed by atoms with van der Waals surface area (Å²) < 4.78 is 3.89. The van der Waals surface area contributed by atoms with Crippen LogP contribution in [0.1, 0.15) is 25.0 Å². The van der Waals surface area contributed by atoms with Gasteiger partial charge < -0.3 is 9.88 Å². The highest BCUT2D eigenvalue weighted by Gasteiger charge is 2.26. The molecule has 4 heterocycles. The van der Waals surface area contributed by atoms with Crippen molar-refractivity contribution in [2.24, 2.45) is 7.05 Å². The monoisotopic (exact) mass is 392 g/mol. The number of hydrogen-bond acceptors (Lipinski definition) is 4. The Morgan fingerprint density at radius 2 is 2.14 bits per heavy atom. The molecule has 0 spiro atoms. The first kappa shape index (κ1) is 18.9. The van der Waals surface area contributed by atoms with Crippen molar-refractivity contribution in [2.75, 3.05) is 11.4 Å². The number of fused-ring (bicyclic) bond motifs is 1. The number of pyridine rings is 1. The van der Waals surface area contributed by atoms with Crippen molar-refractivity contribution < 1.29 is 9.59 Å². The number of hydrogen-bond donors (Lipinski definition) is 1. The van der Waals surface area contributed by atoms with E-state index < -0.39 is 0 Å². The van der Waals surface area contributed by atoms with Gasteiger partial charge in [0.05, 0.1) is 24.5 Å². The molecule has 150 valence electrons. The third-order valence-electron chi connectivity index (χ3n) is 5.06. The molecular formula is C21H24N6O2. The molecule has 0 aliphatic carbocycles. The zero-order valence-electron chi connectivity index (χ0n) is 16.4. The quantitative estimate of drug-likeness (QED) is 0.667. The standard InChI is InChI=1S/C21H24N6O2/c1-25-11-4-7-18(25)17-14-20-26(21(29)9-13-27(20)24-17)12-5-8-19(28)23-15-16-6-2-3-10-22-16/h2-4,6-7,10-11,14H,5,8-9,12-13,15H2,1H3,(H,23,28). The molecule has 0 saturated heterocycles. The van der Waals surface area contributed by atoms with Gasteiger partial charge in [-0.05, 0) is 30.7 Å². The van der Waals surface area contributed by atoms with Crippen LogP contribution in [-0.4, -0.2) is 37.7 Å². The highest BCUT2D eigenvalue weighted by Crippen LogP contribution is 2.28. The summed E-state index contributed by atoms with van der Waals surface area (Å²) >= 11 is 0. The molecule has 0 bridgehead atoms. The highest BCUT2D eigenvalue weighted by atomic mass is 16.2. The van der Waals surface area contributed by atoms with Crippen molar-refractivity contribution in [1.29, 1.82) is 0 Å². The summed E-state index contributed by atoms with van der Waals surface area (Å²) in [5, 5.41) is 7.53. The van der Waals surface area contributed by atoms with Crippen LogP contribution in [0.15, 0.2) is 48.8 Å². The number of amides is 2. The van der Waals surface area contributed by atoms with Crippen LogP contribution >= 0.6 is 0 Å². The lowest BCUT2D eigenvalue weighted by Gasteiger charge is -2.27. The van der Waals surface area contributed by atoms with E-state index in [1.54, 1.807) is 11.1 Å². The van der Waals surface area contributed by atoms with Gasteiger partial charge in [-0.25, -0.2) is 4.68 Å². The molecule has 3 aromatic heterocycles. The van der Waals surface area contributed by atoms with Crippen molar-refractivity contribution >= 4 is 17.6 Å². The smallest absolute Gasteiger partial charge is 0.229 e. The number of aryl methyl sites for hydroxylation is 2. The lowest BCUT2D eigenvalue weighted by atomic mass is 10.2. The Kier molecular flexibility index (Phi) is 5.41. The molecule has 1 aliphatic heterocycles. The van der Waals surface area contributed by atoms with Crippen LogP contribution < -0.4 is 10.2 Å². The SMILES string of the molecule is Cn1cccc1-c1cc2n(n1)CCC(=O)N2CCCC(=O)NCc1ccccn1. The maximum Gasteiger partial charge on any atom is 0.229 e. The Morgan fingerprint density at radius 1 is 1.24 bits per heavy atom. The maximum absolute atomic E-state index is 12.5. The van der Waals surface area contributed by atoms with Crippen LogP contribution in [0.3, 0.4) is 0 Å². The minimum absolute atomic E-state index is 0.0434. The number of carbonyl (C=O) groups is 2.